The molecule has 124 valence electrons. The second-order valence-electron chi connectivity index (χ2n) is 3.66. The van der Waals surface area contributed by atoms with Crippen LogP contribution in [0, 0.1) is 5.92 Å². The SMILES string of the molecule is CC.N.Nc1cnn(COC[C@H](CO)[C@H](O)CO)c(=O)n1. The van der Waals surface area contributed by atoms with Gasteiger partial charge in [0.15, 0.2) is 0 Å². The Morgan fingerprint density at radius 1 is 1.38 bits per heavy atom. The van der Waals surface area contributed by atoms with Crippen LogP contribution in [0.1, 0.15) is 13.8 Å². The summed E-state index contributed by atoms with van der Waals surface area (Å²) in [4.78, 5) is 14.7. The molecule has 0 radical (unpaired) electrons. The minimum atomic E-state index is -1.08. The van der Waals surface area contributed by atoms with Gasteiger partial charge in [-0.1, -0.05) is 13.8 Å². The molecular formula is C11H25N5O5. The summed E-state index contributed by atoms with van der Waals surface area (Å²) in [6.45, 7) is 2.97. The van der Waals surface area contributed by atoms with Crippen LogP contribution in [0.3, 0.4) is 0 Å². The van der Waals surface area contributed by atoms with Gasteiger partial charge in [0, 0.05) is 5.92 Å². The number of aliphatic hydroxyl groups excluding tert-OH is 3. The average molecular weight is 307 g/mol. The van der Waals surface area contributed by atoms with Crippen LogP contribution >= 0.6 is 0 Å². The molecule has 0 aliphatic carbocycles. The van der Waals surface area contributed by atoms with Crippen LogP contribution in [-0.2, 0) is 11.5 Å². The van der Waals surface area contributed by atoms with Crippen molar-refractivity contribution in [3.05, 3.63) is 16.7 Å². The Morgan fingerprint density at radius 2 is 2.00 bits per heavy atom. The summed E-state index contributed by atoms with van der Waals surface area (Å²) in [5, 5.41) is 30.7. The van der Waals surface area contributed by atoms with Gasteiger partial charge in [-0.15, -0.1) is 0 Å². The van der Waals surface area contributed by atoms with E-state index in [0.29, 0.717) is 0 Å². The number of nitrogens with zero attached hydrogens (tertiary/aromatic N) is 3. The highest BCUT2D eigenvalue weighted by atomic mass is 16.5. The minimum Gasteiger partial charge on any atom is -0.396 e. The van der Waals surface area contributed by atoms with Crippen molar-refractivity contribution in [3.63, 3.8) is 0 Å². The number of hydrogen-bond donors (Lipinski definition) is 5. The molecular weight excluding hydrogens is 282 g/mol. The topological polar surface area (TPSA) is 179 Å². The molecule has 21 heavy (non-hydrogen) atoms. The lowest BCUT2D eigenvalue weighted by Crippen LogP contribution is -2.33. The van der Waals surface area contributed by atoms with Gasteiger partial charge in [0.1, 0.15) is 12.5 Å². The molecule has 0 fully saturated rings. The molecule has 1 aromatic rings. The summed E-state index contributed by atoms with van der Waals surface area (Å²) < 4.78 is 6.05. The van der Waals surface area contributed by atoms with Crippen molar-refractivity contribution < 1.29 is 20.1 Å². The lowest BCUT2D eigenvalue weighted by Gasteiger charge is -2.18. The van der Waals surface area contributed by atoms with Crippen LogP contribution in [0.2, 0.25) is 0 Å². The van der Waals surface area contributed by atoms with Crippen LogP contribution in [0.5, 0.6) is 0 Å². The maximum atomic E-state index is 11.3. The number of nitrogen functional groups attached to an aromatic ring is 1. The van der Waals surface area contributed by atoms with E-state index < -0.39 is 24.3 Å². The number of aliphatic hydroxyl groups is 3. The van der Waals surface area contributed by atoms with Gasteiger partial charge in [0.25, 0.3) is 0 Å². The van der Waals surface area contributed by atoms with E-state index in [0.717, 1.165) is 4.68 Å². The van der Waals surface area contributed by atoms with Crippen molar-refractivity contribution in [1.82, 2.24) is 20.9 Å². The van der Waals surface area contributed by atoms with Gasteiger partial charge in [-0.2, -0.15) is 14.8 Å². The molecule has 0 unspecified atom stereocenters. The normalized spacial score (nSPS) is 12.6. The molecule has 0 bridgehead atoms. The number of hydrogen-bond acceptors (Lipinski definition) is 9. The molecule has 0 saturated carbocycles. The highest BCUT2D eigenvalue weighted by Crippen LogP contribution is 2.03. The Kier molecular flexibility index (Phi) is 12.6. The maximum Gasteiger partial charge on any atom is 0.368 e. The first-order chi connectivity index (χ1) is 9.58. The zero-order valence-electron chi connectivity index (χ0n) is 12.3. The van der Waals surface area contributed by atoms with Crippen molar-refractivity contribution in [2.24, 2.45) is 5.92 Å². The zero-order chi connectivity index (χ0) is 15.5. The molecule has 2 atom stereocenters. The monoisotopic (exact) mass is 307 g/mol. The fourth-order valence-electron chi connectivity index (χ4n) is 1.19. The highest BCUT2D eigenvalue weighted by Gasteiger charge is 2.17. The largest absolute Gasteiger partial charge is 0.396 e. The molecule has 0 aliphatic heterocycles. The number of ether oxygens (including phenoxy) is 1. The molecule has 10 heteroatoms. The van der Waals surface area contributed by atoms with Crippen LogP contribution in [0.4, 0.5) is 5.82 Å². The summed E-state index contributed by atoms with van der Waals surface area (Å²) in [6.07, 6.45) is 0.126. The Balaban J connectivity index is 0. The Hall–Kier alpha value is -1.59. The Labute approximate surface area is 122 Å². The quantitative estimate of drug-likeness (QED) is 0.394. The van der Waals surface area contributed by atoms with E-state index in [2.05, 4.69) is 10.1 Å². The van der Waals surface area contributed by atoms with Gasteiger partial charge in [0.05, 0.1) is 32.1 Å². The van der Waals surface area contributed by atoms with Crippen LogP contribution in [-0.4, -0.2) is 56.0 Å². The van der Waals surface area contributed by atoms with E-state index in [1.165, 1.54) is 6.20 Å². The van der Waals surface area contributed by atoms with Crippen molar-refractivity contribution in [2.45, 2.75) is 26.7 Å². The molecule has 0 spiro atoms. The van der Waals surface area contributed by atoms with Crippen molar-refractivity contribution in [1.29, 1.82) is 0 Å². The summed E-state index contributed by atoms with van der Waals surface area (Å²) in [7, 11) is 0. The van der Waals surface area contributed by atoms with E-state index in [9.17, 15) is 9.90 Å². The zero-order valence-corrected chi connectivity index (χ0v) is 12.3. The van der Waals surface area contributed by atoms with Gasteiger partial charge in [-0.05, 0) is 0 Å². The predicted molar refractivity (Wildman–Crippen MR) is 76.7 cm³/mol. The average Bonchev–Trinajstić information content (AvgIpc) is 2.47. The van der Waals surface area contributed by atoms with E-state index in [1.54, 1.807) is 0 Å². The molecule has 0 aliphatic rings. The van der Waals surface area contributed by atoms with Crippen molar-refractivity contribution >= 4 is 5.82 Å². The minimum absolute atomic E-state index is 0. The van der Waals surface area contributed by atoms with Crippen molar-refractivity contribution in [2.75, 3.05) is 25.6 Å². The third-order valence-electron chi connectivity index (χ3n) is 2.29. The molecule has 8 N–H and O–H groups in total. The van der Waals surface area contributed by atoms with Crippen molar-refractivity contribution in [3.8, 4) is 0 Å². The van der Waals surface area contributed by atoms with Crippen LogP contribution in [0.15, 0.2) is 11.0 Å². The molecule has 0 aromatic carbocycles. The van der Waals surface area contributed by atoms with Gasteiger partial charge >= 0.3 is 5.69 Å². The third kappa shape index (κ3) is 7.68. The molecule has 0 saturated heterocycles. The highest BCUT2D eigenvalue weighted by molar-refractivity contribution is 5.19. The van der Waals surface area contributed by atoms with Gasteiger partial charge in [-0.25, -0.2) is 4.79 Å². The first-order valence-corrected chi connectivity index (χ1v) is 6.25. The molecule has 10 nitrogen and oxygen atoms in total. The molecule has 1 rings (SSSR count). The van der Waals surface area contributed by atoms with Gasteiger partial charge in [0.2, 0.25) is 0 Å². The van der Waals surface area contributed by atoms with E-state index >= 15 is 0 Å². The summed E-state index contributed by atoms with van der Waals surface area (Å²) in [5.41, 5.74) is 4.61. The third-order valence-corrected chi connectivity index (χ3v) is 2.29. The summed E-state index contributed by atoms with van der Waals surface area (Å²) in [6, 6.07) is 0. The number of anilines is 1. The van der Waals surface area contributed by atoms with E-state index in [-0.39, 0.29) is 31.9 Å². The Bertz CT molecular complexity index is 428. The van der Waals surface area contributed by atoms with Crippen LogP contribution in [0.25, 0.3) is 0 Å². The molecule has 1 heterocycles. The fourth-order valence-corrected chi connectivity index (χ4v) is 1.19. The lowest BCUT2D eigenvalue weighted by molar-refractivity contribution is -0.0404. The lowest BCUT2D eigenvalue weighted by atomic mass is 10.1. The predicted octanol–water partition coefficient (Wildman–Crippen LogP) is -1.66. The smallest absolute Gasteiger partial charge is 0.368 e. The maximum absolute atomic E-state index is 11.3. The van der Waals surface area contributed by atoms with Crippen LogP contribution < -0.4 is 17.6 Å². The second kappa shape index (κ2) is 12.2. The van der Waals surface area contributed by atoms with Gasteiger partial charge in [-0.3, -0.25) is 0 Å². The second-order valence-corrected chi connectivity index (χ2v) is 3.66. The van der Waals surface area contributed by atoms with E-state index in [4.69, 9.17) is 20.7 Å². The first kappa shape index (κ1) is 21.7. The van der Waals surface area contributed by atoms with Gasteiger partial charge < -0.3 is 31.9 Å². The number of rotatable bonds is 7. The fraction of sp³-hybridized carbons (Fsp3) is 0.727. The molecule has 1 aromatic heterocycles. The Morgan fingerprint density at radius 3 is 2.48 bits per heavy atom. The number of aromatic nitrogens is 3. The standard InChI is InChI=1S/C9H16N4O5.C2H6.H3N/c10-8-1-11-13(9(17)12-8)5-18-4-6(2-14)7(16)3-15;1-2;/h1,6-7,14-16H,2-5H2,(H2,10,12,17);1-2H3;1H3/t6-,7+;;/m0../s1. The van der Waals surface area contributed by atoms with E-state index in [1.807, 2.05) is 13.8 Å². The number of nitrogens with two attached hydrogens (primary N) is 1. The molecule has 0 amide bonds. The first-order valence-electron chi connectivity index (χ1n) is 6.25. The summed E-state index contributed by atoms with van der Waals surface area (Å²) in [5.74, 6) is -0.618. The summed E-state index contributed by atoms with van der Waals surface area (Å²) >= 11 is 0.